The normalized spacial score (nSPS) is 13.6. The Hall–Kier alpha value is -0.936. The summed E-state index contributed by atoms with van der Waals surface area (Å²) < 4.78 is 8.66. The van der Waals surface area contributed by atoms with Gasteiger partial charge in [0, 0.05) is 23.4 Å². The third-order valence-corrected chi connectivity index (χ3v) is 12.9. The van der Waals surface area contributed by atoms with Crippen molar-refractivity contribution >= 4 is 40.9 Å². The molecule has 0 aliphatic rings. The molecule has 24 heavy (non-hydrogen) atoms. The third kappa shape index (κ3) is 4.57. The summed E-state index contributed by atoms with van der Waals surface area (Å²) in [6, 6.07) is 19.6. The molecule has 0 N–H and O–H groups in total. The predicted molar refractivity (Wildman–Crippen MR) is 115 cm³/mol. The van der Waals surface area contributed by atoms with Crippen LogP contribution in [0.4, 0.5) is 5.69 Å². The zero-order valence-electron chi connectivity index (χ0n) is 16.0. The second-order valence-electron chi connectivity index (χ2n) is 8.01. The second-order valence-corrected chi connectivity index (χ2v) is 20.0. The molecule has 0 saturated carbocycles. The number of benzene rings is 2. The SMILES string of the molecule is COP(c1ccccc1)c1cccc(N([Si](C)(C)C)[Si](C)(C)C)c1. The molecule has 2 rings (SSSR count). The van der Waals surface area contributed by atoms with Crippen LogP contribution in [0.1, 0.15) is 0 Å². The second kappa shape index (κ2) is 7.53. The van der Waals surface area contributed by atoms with Gasteiger partial charge in [0.2, 0.25) is 0 Å². The van der Waals surface area contributed by atoms with E-state index in [0.29, 0.717) is 0 Å². The molecule has 130 valence electrons. The van der Waals surface area contributed by atoms with E-state index in [-0.39, 0.29) is 0 Å². The fraction of sp³-hybridized carbons (Fsp3) is 0.368. The molecule has 1 atom stereocenters. The number of hydrogen-bond donors (Lipinski definition) is 0. The molecule has 0 fully saturated rings. The number of anilines is 1. The molecular weight excluding hydrogens is 345 g/mol. The largest absolute Gasteiger partial charge is 0.425 e. The van der Waals surface area contributed by atoms with Crippen LogP contribution in [-0.4, -0.2) is 23.6 Å². The first-order valence-corrected chi connectivity index (χ1v) is 16.6. The molecule has 0 heterocycles. The summed E-state index contributed by atoms with van der Waals surface area (Å²) in [5.74, 6) is 0. The molecule has 2 aromatic carbocycles. The first-order valence-electron chi connectivity index (χ1n) is 8.44. The fourth-order valence-corrected chi connectivity index (χ4v) is 15.0. The van der Waals surface area contributed by atoms with Crippen molar-refractivity contribution in [1.29, 1.82) is 0 Å². The van der Waals surface area contributed by atoms with Crippen LogP contribution in [0.2, 0.25) is 39.3 Å². The van der Waals surface area contributed by atoms with E-state index in [1.165, 1.54) is 16.3 Å². The smallest absolute Gasteiger partial charge is 0.138 e. The zero-order chi connectivity index (χ0) is 18.0. The topological polar surface area (TPSA) is 12.5 Å². The zero-order valence-corrected chi connectivity index (χ0v) is 18.9. The van der Waals surface area contributed by atoms with Crippen molar-refractivity contribution in [2.75, 3.05) is 11.3 Å². The summed E-state index contributed by atoms with van der Waals surface area (Å²) in [5, 5.41) is 2.55. The van der Waals surface area contributed by atoms with Crippen molar-refractivity contribution in [2.24, 2.45) is 0 Å². The lowest BCUT2D eigenvalue weighted by atomic mass is 10.3. The lowest BCUT2D eigenvalue weighted by Gasteiger charge is -2.46. The van der Waals surface area contributed by atoms with Crippen molar-refractivity contribution < 1.29 is 4.52 Å². The number of hydrogen-bond acceptors (Lipinski definition) is 2. The summed E-state index contributed by atoms with van der Waals surface area (Å²) >= 11 is 0. The minimum absolute atomic E-state index is 0.757. The molecule has 0 bridgehead atoms. The molecule has 0 spiro atoms. The van der Waals surface area contributed by atoms with Crippen molar-refractivity contribution in [1.82, 2.24) is 0 Å². The van der Waals surface area contributed by atoms with Crippen LogP contribution in [0.3, 0.4) is 0 Å². The molecule has 5 heteroatoms. The first-order chi connectivity index (χ1) is 11.1. The summed E-state index contributed by atoms with van der Waals surface area (Å²) in [5.41, 5.74) is 1.37. The van der Waals surface area contributed by atoms with E-state index >= 15 is 0 Å². The Labute approximate surface area is 150 Å². The Morgan fingerprint density at radius 1 is 0.750 bits per heavy atom. The monoisotopic (exact) mass is 375 g/mol. The maximum Gasteiger partial charge on any atom is 0.138 e. The fourth-order valence-electron chi connectivity index (χ4n) is 3.46. The number of nitrogens with zero attached hydrogens (tertiary/aromatic N) is 1. The predicted octanol–water partition coefficient (Wildman–Crippen LogP) is 5.16. The first kappa shape index (κ1) is 19.4. The van der Waals surface area contributed by atoms with E-state index in [1.54, 1.807) is 0 Å². The number of rotatable bonds is 6. The van der Waals surface area contributed by atoms with Gasteiger partial charge in [0.15, 0.2) is 0 Å². The Morgan fingerprint density at radius 3 is 1.79 bits per heavy atom. The lowest BCUT2D eigenvalue weighted by molar-refractivity contribution is 0.474. The van der Waals surface area contributed by atoms with Crippen LogP contribution < -0.4 is 14.8 Å². The Balaban J connectivity index is 2.47. The quantitative estimate of drug-likeness (QED) is 0.511. The average Bonchev–Trinajstić information content (AvgIpc) is 2.46. The van der Waals surface area contributed by atoms with Crippen molar-refractivity contribution in [2.45, 2.75) is 39.3 Å². The van der Waals surface area contributed by atoms with Gasteiger partial charge in [-0.25, -0.2) is 0 Å². The van der Waals surface area contributed by atoms with Crippen molar-refractivity contribution in [3.63, 3.8) is 0 Å². The van der Waals surface area contributed by atoms with Gasteiger partial charge in [0.25, 0.3) is 0 Å². The summed E-state index contributed by atoms with van der Waals surface area (Å²) in [6.45, 7) is 14.6. The molecule has 0 aromatic heterocycles. The highest BCUT2D eigenvalue weighted by molar-refractivity contribution is 7.68. The highest BCUT2D eigenvalue weighted by Gasteiger charge is 2.34. The van der Waals surface area contributed by atoms with Gasteiger partial charge in [0.05, 0.1) is 8.15 Å². The molecule has 2 nitrogen and oxygen atoms in total. The summed E-state index contributed by atoms with van der Waals surface area (Å²) in [7, 11) is -1.83. The van der Waals surface area contributed by atoms with E-state index < -0.39 is 24.6 Å². The van der Waals surface area contributed by atoms with E-state index in [0.717, 1.165) is 0 Å². The van der Waals surface area contributed by atoms with Crippen LogP contribution in [0, 0.1) is 0 Å². The summed E-state index contributed by atoms with van der Waals surface area (Å²) in [6.07, 6.45) is 0. The molecule has 0 radical (unpaired) electrons. The van der Waals surface area contributed by atoms with Gasteiger partial charge in [-0.3, -0.25) is 0 Å². The Morgan fingerprint density at radius 2 is 1.29 bits per heavy atom. The molecule has 0 saturated heterocycles. The highest BCUT2D eigenvalue weighted by atomic mass is 31.1. The van der Waals surface area contributed by atoms with Crippen LogP contribution in [0.5, 0.6) is 0 Å². The van der Waals surface area contributed by atoms with Crippen molar-refractivity contribution in [3.8, 4) is 0 Å². The van der Waals surface area contributed by atoms with Gasteiger partial charge in [0.1, 0.15) is 16.5 Å². The van der Waals surface area contributed by atoms with Gasteiger partial charge in [-0.2, -0.15) is 0 Å². The minimum Gasteiger partial charge on any atom is -0.425 e. The van der Waals surface area contributed by atoms with E-state index in [9.17, 15) is 0 Å². The highest BCUT2D eigenvalue weighted by Crippen LogP contribution is 2.36. The summed E-state index contributed by atoms with van der Waals surface area (Å²) in [4.78, 5) is 0. The van der Waals surface area contributed by atoms with Crippen LogP contribution >= 0.6 is 8.15 Å². The Bertz CT molecular complexity index is 651. The van der Waals surface area contributed by atoms with Crippen molar-refractivity contribution in [3.05, 3.63) is 54.6 Å². The van der Waals surface area contributed by atoms with Gasteiger partial charge in [-0.05, 0) is 12.1 Å². The minimum atomic E-state index is -1.45. The van der Waals surface area contributed by atoms with Crippen LogP contribution in [0.25, 0.3) is 0 Å². The maximum atomic E-state index is 5.90. The van der Waals surface area contributed by atoms with E-state index in [4.69, 9.17) is 4.52 Å². The van der Waals surface area contributed by atoms with Gasteiger partial charge < -0.3 is 8.75 Å². The third-order valence-electron chi connectivity index (χ3n) is 3.84. The van der Waals surface area contributed by atoms with E-state index in [1.807, 2.05) is 7.11 Å². The van der Waals surface area contributed by atoms with Crippen LogP contribution in [-0.2, 0) is 4.52 Å². The average molecular weight is 376 g/mol. The molecule has 1 unspecified atom stereocenters. The Kier molecular flexibility index (Phi) is 6.08. The van der Waals surface area contributed by atoms with Gasteiger partial charge in [-0.1, -0.05) is 81.7 Å². The molecular formula is C19H30NOPSi2. The molecule has 2 aromatic rings. The molecule has 0 amide bonds. The molecule has 0 aliphatic heterocycles. The standard InChI is InChI=1S/C19H30NOPSi2/c1-21-22(18-13-9-8-10-14-18)19-15-11-12-17(16-19)20(23(2,3)4)24(5,6)7/h8-16H,1-7H3. The maximum absolute atomic E-state index is 5.90. The van der Waals surface area contributed by atoms with Gasteiger partial charge >= 0.3 is 0 Å². The lowest BCUT2D eigenvalue weighted by Crippen LogP contribution is -2.59. The van der Waals surface area contributed by atoms with Crippen LogP contribution in [0.15, 0.2) is 54.6 Å². The van der Waals surface area contributed by atoms with Gasteiger partial charge in [-0.15, -0.1) is 0 Å². The van der Waals surface area contributed by atoms with E-state index in [2.05, 4.69) is 98.1 Å². The molecule has 0 aliphatic carbocycles.